The van der Waals surface area contributed by atoms with E-state index in [-0.39, 0.29) is 21.6 Å². The second-order valence-corrected chi connectivity index (χ2v) is 9.13. The maximum absolute atomic E-state index is 12.3. The van der Waals surface area contributed by atoms with Gasteiger partial charge < -0.3 is 20.3 Å². The number of ether oxygens (including phenoxy) is 1. The zero-order valence-electron chi connectivity index (χ0n) is 17.1. The van der Waals surface area contributed by atoms with E-state index in [1.54, 1.807) is 18.2 Å². The maximum Gasteiger partial charge on any atom is 0.323 e. The second-order valence-electron chi connectivity index (χ2n) is 6.52. The van der Waals surface area contributed by atoms with Gasteiger partial charge in [0.1, 0.15) is 5.75 Å². The van der Waals surface area contributed by atoms with Crippen molar-refractivity contribution in [1.82, 2.24) is 0 Å². The zero-order valence-corrected chi connectivity index (χ0v) is 18.9. The minimum Gasteiger partial charge on any atom is -0.494 e. The molecule has 4 N–H and O–H groups in total. The Bertz CT molecular complexity index is 1350. The molecule has 2 amide bonds. The number of carbonyl (C=O) groups is 1. The Morgan fingerprint density at radius 1 is 0.970 bits per heavy atom. The van der Waals surface area contributed by atoms with Crippen molar-refractivity contribution in [2.24, 2.45) is 10.2 Å². The number of rotatable bonds is 7. The van der Waals surface area contributed by atoms with Crippen LogP contribution in [0, 0.1) is 0 Å². The number of nitrogens with zero attached hydrogens (tertiary/aromatic N) is 2. The van der Waals surface area contributed by atoms with Gasteiger partial charge in [-0.3, -0.25) is 9.12 Å². The number of carbonyl (C=O) groups excluding carboxylic acids is 1. The summed E-state index contributed by atoms with van der Waals surface area (Å²) in [5.74, 6) is 0.280. The molecule has 0 aromatic heterocycles. The van der Waals surface area contributed by atoms with Gasteiger partial charge in [-0.05, 0) is 48.5 Å². The molecule has 0 bridgehead atoms. The average molecular weight is 490 g/mol. The van der Waals surface area contributed by atoms with Crippen molar-refractivity contribution < 1.29 is 32.0 Å². The highest BCUT2D eigenvalue weighted by Crippen LogP contribution is 2.31. The highest BCUT2D eigenvalue weighted by molar-refractivity contribution is 7.85. The molecule has 3 aromatic rings. The number of benzene rings is 3. The number of nitrogens with one attached hydrogen (secondary N) is 2. The summed E-state index contributed by atoms with van der Waals surface area (Å²) in [7, 11) is -5.84. The summed E-state index contributed by atoms with van der Waals surface area (Å²) in [6, 6.07) is 15.3. The number of hydrogen-bond donors (Lipinski definition) is 4. The van der Waals surface area contributed by atoms with Gasteiger partial charge in [0.05, 0.1) is 29.1 Å². The molecule has 0 aliphatic heterocycles. The number of urea groups is 1. The van der Waals surface area contributed by atoms with Crippen LogP contribution in [0.5, 0.6) is 5.75 Å². The molecule has 1 unspecified atom stereocenters. The first kappa shape index (κ1) is 24.1. The predicted molar refractivity (Wildman–Crippen MR) is 123 cm³/mol. The van der Waals surface area contributed by atoms with Crippen LogP contribution < -0.4 is 20.7 Å². The third-order valence-electron chi connectivity index (χ3n) is 4.20. The van der Waals surface area contributed by atoms with E-state index in [9.17, 15) is 22.7 Å². The molecule has 33 heavy (non-hydrogen) atoms. The van der Waals surface area contributed by atoms with Gasteiger partial charge >= 0.3 is 6.03 Å². The van der Waals surface area contributed by atoms with E-state index in [0.29, 0.717) is 17.1 Å². The number of hydrogen-bond acceptors (Lipinski definition) is 7. The predicted octanol–water partition coefficient (Wildman–Crippen LogP) is 4.09. The first-order valence-electron chi connectivity index (χ1n) is 9.24. The van der Waals surface area contributed by atoms with Crippen LogP contribution in [0.25, 0.3) is 0 Å². The number of methoxy groups -OCH3 is 1. The van der Waals surface area contributed by atoms with Crippen molar-refractivity contribution in [2.75, 3.05) is 17.7 Å². The summed E-state index contributed by atoms with van der Waals surface area (Å²) in [5, 5.41) is 13.3. The fourth-order valence-corrected chi connectivity index (χ4v) is 3.72. The first-order valence-corrected chi connectivity index (χ1v) is 12.0. The van der Waals surface area contributed by atoms with E-state index in [1.165, 1.54) is 55.6 Å². The highest BCUT2D eigenvalue weighted by Gasteiger charge is 2.11. The fourth-order valence-electron chi connectivity index (χ4n) is 2.68. The number of amides is 2. The molecule has 0 spiro atoms. The van der Waals surface area contributed by atoms with Gasteiger partial charge in [-0.25, -0.2) is 4.79 Å². The Morgan fingerprint density at radius 3 is 2.33 bits per heavy atom. The Labute approximate surface area is 189 Å². The van der Waals surface area contributed by atoms with Gasteiger partial charge in [-0.15, -0.1) is 0 Å². The van der Waals surface area contributed by atoms with Crippen LogP contribution in [-0.4, -0.2) is 31.0 Å². The van der Waals surface area contributed by atoms with Crippen molar-refractivity contribution in [3.63, 3.8) is 0 Å². The quantitative estimate of drug-likeness (QED) is 0.220. The van der Waals surface area contributed by atoms with Crippen molar-refractivity contribution in [3.05, 3.63) is 66.7 Å². The molecule has 0 radical (unpaired) electrons. The van der Waals surface area contributed by atoms with Crippen LogP contribution in [-0.2, 0) is 14.7 Å². The number of azo groups is 1. The molecule has 0 saturated heterocycles. The van der Waals surface area contributed by atoms with E-state index in [2.05, 4.69) is 20.9 Å². The van der Waals surface area contributed by atoms with Crippen LogP contribution in [0.1, 0.15) is 0 Å². The molecule has 1 atom stereocenters. The zero-order chi connectivity index (χ0) is 24.0. The lowest BCUT2D eigenvalue weighted by Gasteiger charge is -2.12. The smallest absolute Gasteiger partial charge is 0.323 e. The van der Waals surface area contributed by atoms with Gasteiger partial charge in [0.25, 0.3) is 10.1 Å². The monoisotopic (exact) mass is 490 g/mol. The summed E-state index contributed by atoms with van der Waals surface area (Å²) in [6.07, 6.45) is 0. The average Bonchev–Trinajstić information content (AvgIpc) is 2.78. The summed E-state index contributed by atoms with van der Waals surface area (Å²) in [4.78, 5) is 21.2. The summed E-state index contributed by atoms with van der Waals surface area (Å²) in [6.45, 7) is 0. The molecular formula is C20H19N4O7PS. The normalized spacial score (nSPS) is 12.3. The van der Waals surface area contributed by atoms with Gasteiger partial charge in [-0.2, -0.15) is 18.6 Å². The van der Waals surface area contributed by atoms with Crippen LogP contribution >= 0.6 is 8.03 Å². The van der Waals surface area contributed by atoms with Crippen molar-refractivity contribution >= 4 is 52.2 Å². The van der Waals surface area contributed by atoms with E-state index in [0.717, 1.165) is 0 Å². The van der Waals surface area contributed by atoms with E-state index in [1.807, 2.05) is 0 Å². The molecule has 0 aliphatic carbocycles. The molecule has 13 heteroatoms. The van der Waals surface area contributed by atoms with Crippen LogP contribution in [0.2, 0.25) is 0 Å². The SMILES string of the molecule is COc1cc(/N=N/c2cccc(S(=O)(=O)O)c2)ccc1NC(=O)Nc1cccc([PH](=O)O)c1. The minimum absolute atomic E-state index is 0.207. The molecule has 0 aliphatic rings. The van der Waals surface area contributed by atoms with Crippen LogP contribution in [0.3, 0.4) is 0 Å². The maximum atomic E-state index is 12.3. The van der Waals surface area contributed by atoms with Crippen molar-refractivity contribution in [3.8, 4) is 5.75 Å². The molecule has 0 heterocycles. The lowest BCUT2D eigenvalue weighted by Crippen LogP contribution is -2.20. The molecule has 11 nitrogen and oxygen atoms in total. The minimum atomic E-state index is -4.36. The third-order valence-corrected chi connectivity index (χ3v) is 5.85. The molecular weight excluding hydrogens is 471 g/mol. The fraction of sp³-hybridized carbons (Fsp3) is 0.0500. The van der Waals surface area contributed by atoms with Crippen molar-refractivity contribution in [1.29, 1.82) is 0 Å². The second kappa shape index (κ2) is 10.4. The summed E-state index contributed by atoms with van der Waals surface area (Å²) >= 11 is 0. The Morgan fingerprint density at radius 2 is 1.67 bits per heavy atom. The lowest BCUT2D eigenvalue weighted by molar-refractivity contribution is 0.262. The summed E-state index contributed by atoms with van der Waals surface area (Å²) < 4.78 is 48.1. The van der Waals surface area contributed by atoms with E-state index in [4.69, 9.17) is 9.29 Å². The van der Waals surface area contributed by atoms with Gasteiger partial charge in [0.2, 0.25) is 8.03 Å². The third kappa shape index (κ3) is 6.70. The topological polar surface area (TPSA) is 167 Å². The first-order chi connectivity index (χ1) is 15.7. The van der Waals surface area contributed by atoms with Gasteiger partial charge in [0, 0.05) is 17.1 Å². The van der Waals surface area contributed by atoms with E-state index < -0.39 is 24.2 Å². The Hall–Kier alpha value is -3.57. The Balaban J connectivity index is 1.73. The molecule has 3 rings (SSSR count). The van der Waals surface area contributed by atoms with Crippen LogP contribution in [0.4, 0.5) is 27.5 Å². The molecule has 172 valence electrons. The lowest BCUT2D eigenvalue weighted by atomic mass is 10.2. The molecule has 0 fully saturated rings. The number of anilines is 2. The van der Waals surface area contributed by atoms with Crippen molar-refractivity contribution in [2.45, 2.75) is 4.90 Å². The molecule has 3 aromatic carbocycles. The largest absolute Gasteiger partial charge is 0.494 e. The van der Waals surface area contributed by atoms with E-state index >= 15 is 0 Å². The van der Waals surface area contributed by atoms with Gasteiger partial charge in [0.15, 0.2) is 0 Å². The van der Waals surface area contributed by atoms with Crippen LogP contribution in [0.15, 0.2) is 81.9 Å². The molecule has 0 saturated carbocycles. The van der Waals surface area contributed by atoms with Gasteiger partial charge in [-0.1, -0.05) is 12.1 Å². The standard InChI is InChI=1S/C20H19N4O7PS/c1-31-19-12-15(24-23-14-5-3-7-17(11-14)33(28,29)30)8-9-18(19)22-20(25)21-13-4-2-6-16(10-13)32(26)27/h2-12,32H,1H3,(H,26,27)(H2,21,22,25)(H,28,29,30)/b24-23+. The highest BCUT2D eigenvalue weighted by atomic mass is 32.2. The Kier molecular flexibility index (Phi) is 7.56. The summed E-state index contributed by atoms with van der Waals surface area (Å²) in [5.41, 5.74) is 1.23.